The summed E-state index contributed by atoms with van der Waals surface area (Å²) < 4.78 is 45.1. The minimum atomic E-state index is -4.42. The van der Waals surface area contributed by atoms with E-state index in [4.69, 9.17) is 4.74 Å². The number of carbonyl (C=O) groups excluding carboxylic acids is 1. The predicted octanol–water partition coefficient (Wildman–Crippen LogP) is 3.88. The van der Waals surface area contributed by atoms with Crippen molar-refractivity contribution in [1.29, 1.82) is 0 Å². The summed E-state index contributed by atoms with van der Waals surface area (Å²) in [5.41, 5.74) is 1.68. The maximum absolute atomic E-state index is 13.3. The highest BCUT2D eigenvalue weighted by Gasteiger charge is 2.42. The molecule has 0 spiro atoms. The fourth-order valence-corrected chi connectivity index (χ4v) is 4.63. The number of ether oxygens (including phenoxy) is 1. The number of carbonyl (C=O) groups is 1. The van der Waals surface area contributed by atoms with Gasteiger partial charge < -0.3 is 19.9 Å². The van der Waals surface area contributed by atoms with Crippen molar-refractivity contribution in [1.82, 2.24) is 5.32 Å². The average molecular weight is 445 g/mol. The Morgan fingerprint density at radius 1 is 1.22 bits per heavy atom. The number of halogens is 3. The predicted molar refractivity (Wildman–Crippen MR) is 118 cm³/mol. The Morgan fingerprint density at radius 3 is 2.62 bits per heavy atom. The average Bonchev–Trinajstić information content (AvgIpc) is 2.80. The van der Waals surface area contributed by atoms with Crippen molar-refractivity contribution in [2.24, 2.45) is 5.92 Å². The van der Waals surface area contributed by atoms with Crippen LogP contribution in [0.25, 0.3) is 0 Å². The number of amides is 1. The fourth-order valence-electron chi connectivity index (χ4n) is 4.63. The van der Waals surface area contributed by atoms with Crippen molar-refractivity contribution in [3.63, 3.8) is 0 Å². The third kappa shape index (κ3) is 4.26. The molecule has 1 amide bonds. The second kappa shape index (κ2) is 8.76. The Hall–Kier alpha value is -3.16. The summed E-state index contributed by atoms with van der Waals surface area (Å²) in [7, 11) is 1.61. The number of benzene rings is 2. The van der Waals surface area contributed by atoms with Crippen molar-refractivity contribution < 1.29 is 22.7 Å². The second-order valence-corrected chi connectivity index (χ2v) is 8.09. The van der Waals surface area contributed by atoms with E-state index in [1.165, 1.54) is 6.07 Å². The Labute approximate surface area is 185 Å². The van der Waals surface area contributed by atoms with Gasteiger partial charge in [0.1, 0.15) is 5.75 Å². The highest BCUT2D eigenvalue weighted by molar-refractivity contribution is 5.82. The molecular weight excluding hydrogens is 419 g/mol. The molecule has 0 radical (unpaired) electrons. The highest BCUT2D eigenvalue weighted by Crippen LogP contribution is 2.40. The Bertz CT molecular complexity index is 991. The van der Waals surface area contributed by atoms with E-state index < -0.39 is 17.7 Å². The first-order chi connectivity index (χ1) is 15.3. The SMILES string of the molecule is C=CCNC(=O)[C@H]1Cc2cc(C(F)(F)F)ccc2N2CCN(c3ccc(OC)cc3)C[C@@H]12. The highest BCUT2D eigenvalue weighted by atomic mass is 19.4. The van der Waals surface area contributed by atoms with Crippen molar-refractivity contribution >= 4 is 17.3 Å². The molecule has 0 bridgehead atoms. The number of rotatable bonds is 5. The lowest BCUT2D eigenvalue weighted by Crippen LogP contribution is -2.61. The van der Waals surface area contributed by atoms with Crippen LogP contribution in [0.4, 0.5) is 24.5 Å². The molecule has 1 N–H and O–H groups in total. The van der Waals surface area contributed by atoms with Crippen LogP contribution in [0.5, 0.6) is 5.75 Å². The Balaban J connectivity index is 1.65. The maximum atomic E-state index is 13.3. The van der Waals surface area contributed by atoms with E-state index >= 15 is 0 Å². The van der Waals surface area contributed by atoms with E-state index in [2.05, 4.69) is 21.7 Å². The molecule has 2 heterocycles. The quantitative estimate of drug-likeness (QED) is 0.710. The molecule has 5 nitrogen and oxygen atoms in total. The number of nitrogens with one attached hydrogen (secondary N) is 1. The first-order valence-corrected chi connectivity index (χ1v) is 10.6. The van der Waals surface area contributed by atoms with Gasteiger partial charge in [-0.2, -0.15) is 13.2 Å². The normalized spacial score (nSPS) is 20.2. The topological polar surface area (TPSA) is 44.8 Å². The van der Waals surface area contributed by atoms with Gasteiger partial charge in [0, 0.05) is 37.6 Å². The van der Waals surface area contributed by atoms with Crippen molar-refractivity contribution in [3.8, 4) is 5.75 Å². The second-order valence-electron chi connectivity index (χ2n) is 8.09. The van der Waals surface area contributed by atoms with Gasteiger partial charge in [0.25, 0.3) is 0 Å². The molecule has 2 aliphatic rings. The number of anilines is 2. The van der Waals surface area contributed by atoms with Crippen molar-refractivity contribution in [2.75, 3.05) is 43.1 Å². The Kier molecular flexibility index (Phi) is 6.04. The number of piperazine rings is 1. The van der Waals surface area contributed by atoms with Gasteiger partial charge in [0.05, 0.1) is 24.6 Å². The third-order valence-corrected chi connectivity index (χ3v) is 6.23. The molecule has 2 aromatic carbocycles. The number of hydrogen-bond acceptors (Lipinski definition) is 4. The zero-order chi connectivity index (χ0) is 22.9. The monoisotopic (exact) mass is 445 g/mol. The molecule has 0 saturated carbocycles. The molecule has 8 heteroatoms. The minimum Gasteiger partial charge on any atom is -0.497 e. The van der Waals surface area contributed by atoms with Crippen LogP contribution >= 0.6 is 0 Å². The van der Waals surface area contributed by atoms with Gasteiger partial charge in [-0.3, -0.25) is 4.79 Å². The maximum Gasteiger partial charge on any atom is 0.416 e. The van der Waals surface area contributed by atoms with Crippen LogP contribution in [0, 0.1) is 5.92 Å². The van der Waals surface area contributed by atoms with Crippen LogP contribution in [-0.4, -0.2) is 45.2 Å². The first-order valence-electron chi connectivity index (χ1n) is 10.6. The summed E-state index contributed by atoms with van der Waals surface area (Å²) in [6, 6.07) is 11.5. The summed E-state index contributed by atoms with van der Waals surface area (Å²) >= 11 is 0. The summed E-state index contributed by atoms with van der Waals surface area (Å²) in [6.45, 7) is 5.86. The van der Waals surface area contributed by atoms with Gasteiger partial charge in [-0.05, 0) is 54.4 Å². The third-order valence-electron chi connectivity index (χ3n) is 6.23. The molecule has 2 aliphatic heterocycles. The lowest BCUT2D eigenvalue weighted by molar-refractivity contribution is -0.137. The van der Waals surface area contributed by atoms with Gasteiger partial charge >= 0.3 is 6.18 Å². The van der Waals surface area contributed by atoms with Gasteiger partial charge in [-0.15, -0.1) is 6.58 Å². The molecular formula is C24H26F3N3O2. The lowest BCUT2D eigenvalue weighted by Gasteiger charge is -2.49. The summed E-state index contributed by atoms with van der Waals surface area (Å²) in [5.74, 6) is 0.132. The van der Waals surface area contributed by atoms with Crippen LogP contribution < -0.4 is 19.9 Å². The first kappa shape index (κ1) is 22.0. The van der Waals surface area contributed by atoms with Crippen molar-refractivity contribution in [3.05, 3.63) is 66.2 Å². The molecule has 1 saturated heterocycles. The van der Waals surface area contributed by atoms with Crippen LogP contribution in [0.3, 0.4) is 0 Å². The lowest BCUT2D eigenvalue weighted by atomic mass is 9.82. The van der Waals surface area contributed by atoms with Crippen LogP contribution in [0.2, 0.25) is 0 Å². The van der Waals surface area contributed by atoms with Crippen LogP contribution in [-0.2, 0) is 17.4 Å². The molecule has 2 atom stereocenters. The van der Waals surface area contributed by atoms with E-state index in [0.29, 0.717) is 31.7 Å². The van der Waals surface area contributed by atoms with E-state index in [1.54, 1.807) is 19.3 Å². The van der Waals surface area contributed by atoms with Gasteiger partial charge in [0.2, 0.25) is 5.91 Å². The molecule has 32 heavy (non-hydrogen) atoms. The van der Waals surface area contributed by atoms with Gasteiger partial charge in [0.15, 0.2) is 0 Å². The van der Waals surface area contributed by atoms with Gasteiger partial charge in [-0.25, -0.2) is 0 Å². The zero-order valence-corrected chi connectivity index (χ0v) is 17.9. The number of hydrogen-bond donors (Lipinski definition) is 1. The van der Waals surface area contributed by atoms with Gasteiger partial charge in [-0.1, -0.05) is 6.08 Å². The molecule has 0 unspecified atom stereocenters. The smallest absolute Gasteiger partial charge is 0.416 e. The summed E-state index contributed by atoms with van der Waals surface area (Å²) in [5, 5.41) is 2.84. The minimum absolute atomic E-state index is 0.153. The number of alkyl halides is 3. The molecule has 0 aromatic heterocycles. The fraction of sp³-hybridized carbons (Fsp3) is 0.375. The number of fused-ring (bicyclic) bond motifs is 3. The van der Waals surface area contributed by atoms with E-state index in [-0.39, 0.29) is 18.4 Å². The van der Waals surface area contributed by atoms with Crippen LogP contribution in [0.15, 0.2) is 55.1 Å². The van der Waals surface area contributed by atoms with E-state index in [0.717, 1.165) is 23.2 Å². The molecule has 1 fully saturated rings. The molecule has 4 rings (SSSR count). The number of nitrogens with zero attached hydrogens (tertiary/aromatic N) is 2. The van der Waals surface area contributed by atoms with Crippen molar-refractivity contribution in [2.45, 2.75) is 18.6 Å². The summed E-state index contributed by atoms with van der Waals surface area (Å²) in [4.78, 5) is 17.3. The number of methoxy groups -OCH3 is 1. The van der Waals surface area contributed by atoms with Crippen LogP contribution in [0.1, 0.15) is 11.1 Å². The van der Waals surface area contributed by atoms with E-state index in [1.807, 2.05) is 24.3 Å². The summed E-state index contributed by atoms with van der Waals surface area (Å²) in [6.07, 6.45) is -2.56. The molecule has 170 valence electrons. The molecule has 0 aliphatic carbocycles. The zero-order valence-electron chi connectivity index (χ0n) is 17.9. The Morgan fingerprint density at radius 2 is 1.97 bits per heavy atom. The largest absolute Gasteiger partial charge is 0.497 e. The van der Waals surface area contributed by atoms with E-state index in [9.17, 15) is 18.0 Å². The standard InChI is InChI=1S/C24H26F3N3O2/c1-3-10-28-23(31)20-14-16-13-17(24(25,26)27)4-9-21(16)30-12-11-29(15-22(20)30)18-5-7-19(32-2)8-6-18/h3-9,13,20,22H,1,10-12,14-15H2,2H3,(H,28,31)/t20-,22-/m0/s1. The molecule has 2 aromatic rings.